The van der Waals surface area contributed by atoms with Gasteiger partial charge in [-0.1, -0.05) is 17.7 Å². The first kappa shape index (κ1) is 15.6. The normalized spacial score (nSPS) is 12.0. The van der Waals surface area contributed by atoms with Crippen molar-refractivity contribution >= 4 is 11.6 Å². The molecular formula is C16H17ClFNO2. The van der Waals surface area contributed by atoms with E-state index in [-0.39, 0.29) is 11.8 Å². The van der Waals surface area contributed by atoms with Crippen LogP contribution in [-0.4, -0.2) is 21.3 Å². The second-order valence-corrected chi connectivity index (χ2v) is 4.94. The van der Waals surface area contributed by atoms with Gasteiger partial charge in [0.2, 0.25) is 0 Å². The maximum Gasteiger partial charge on any atom is 0.165 e. The Morgan fingerprint density at radius 3 is 2.29 bits per heavy atom. The van der Waals surface area contributed by atoms with Crippen molar-refractivity contribution in [3.63, 3.8) is 0 Å². The summed E-state index contributed by atoms with van der Waals surface area (Å²) in [6.07, 6.45) is 0. The molecular weight excluding hydrogens is 293 g/mol. The fourth-order valence-corrected chi connectivity index (χ4v) is 2.48. The number of nitrogens with one attached hydrogen (secondary N) is 1. The molecule has 0 amide bonds. The van der Waals surface area contributed by atoms with E-state index in [4.69, 9.17) is 21.1 Å². The third kappa shape index (κ3) is 3.28. The minimum absolute atomic E-state index is 0.215. The van der Waals surface area contributed by atoms with Crippen LogP contribution in [0, 0.1) is 5.82 Å². The third-order valence-corrected chi connectivity index (χ3v) is 3.54. The highest BCUT2D eigenvalue weighted by Crippen LogP contribution is 2.33. The van der Waals surface area contributed by atoms with Crippen molar-refractivity contribution in [2.75, 3.05) is 21.3 Å². The predicted octanol–water partition coefficient (Wildman–Crippen LogP) is 3.81. The van der Waals surface area contributed by atoms with E-state index in [1.165, 1.54) is 13.2 Å². The largest absolute Gasteiger partial charge is 0.496 e. The van der Waals surface area contributed by atoms with Gasteiger partial charge in [-0.25, -0.2) is 4.39 Å². The van der Waals surface area contributed by atoms with Gasteiger partial charge in [-0.05, 0) is 42.9 Å². The fourth-order valence-electron chi connectivity index (χ4n) is 2.29. The predicted molar refractivity (Wildman–Crippen MR) is 81.9 cm³/mol. The standard InChI is InChI=1S/C16H17ClFNO2/c1-19-16(10-4-6-15(21-3)13(18)8-10)12-9-11(17)5-7-14(12)20-2/h4-9,16,19H,1-3H3. The Kier molecular flexibility index (Phi) is 5.04. The summed E-state index contributed by atoms with van der Waals surface area (Å²) in [6.45, 7) is 0. The van der Waals surface area contributed by atoms with Gasteiger partial charge in [-0.2, -0.15) is 0 Å². The Hall–Kier alpha value is -1.78. The monoisotopic (exact) mass is 309 g/mol. The maximum absolute atomic E-state index is 13.9. The van der Waals surface area contributed by atoms with Crippen molar-refractivity contribution in [3.05, 3.63) is 58.4 Å². The summed E-state index contributed by atoms with van der Waals surface area (Å²) in [5, 5.41) is 3.75. The number of ether oxygens (including phenoxy) is 2. The molecule has 21 heavy (non-hydrogen) atoms. The molecule has 1 N–H and O–H groups in total. The van der Waals surface area contributed by atoms with E-state index in [0.29, 0.717) is 10.8 Å². The van der Waals surface area contributed by atoms with E-state index < -0.39 is 5.82 Å². The molecule has 0 saturated carbocycles. The molecule has 2 rings (SSSR count). The molecule has 0 bridgehead atoms. The molecule has 1 unspecified atom stereocenters. The zero-order valence-electron chi connectivity index (χ0n) is 12.1. The third-order valence-electron chi connectivity index (χ3n) is 3.30. The van der Waals surface area contributed by atoms with Crippen molar-refractivity contribution < 1.29 is 13.9 Å². The zero-order valence-corrected chi connectivity index (χ0v) is 12.9. The van der Waals surface area contributed by atoms with Crippen molar-refractivity contribution in [3.8, 4) is 11.5 Å². The van der Waals surface area contributed by atoms with Crippen LogP contribution in [0.3, 0.4) is 0 Å². The summed E-state index contributed by atoms with van der Waals surface area (Å²) in [6, 6.07) is 9.98. The van der Waals surface area contributed by atoms with E-state index in [9.17, 15) is 4.39 Å². The maximum atomic E-state index is 13.9. The first-order valence-electron chi connectivity index (χ1n) is 6.44. The Morgan fingerprint density at radius 2 is 1.71 bits per heavy atom. The molecule has 0 aliphatic rings. The molecule has 0 saturated heterocycles. The van der Waals surface area contributed by atoms with E-state index in [2.05, 4.69) is 5.32 Å². The highest BCUT2D eigenvalue weighted by molar-refractivity contribution is 6.30. The number of halogens is 2. The molecule has 1 atom stereocenters. The molecule has 112 valence electrons. The summed E-state index contributed by atoms with van der Waals surface area (Å²) in [5.74, 6) is 0.498. The van der Waals surface area contributed by atoms with Gasteiger partial charge in [0.15, 0.2) is 11.6 Å². The molecule has 0 aromatic heterocycles. The summed E-state index contributed by atoms with van der Waals surface area (Å²) < 4.78 is 24.2. The minimum atomic E-state index is -0.406. The molecule has 2 aromatic carbocycles. The van der Waals surface area contributed by atoms with Crippen LogP contribution >= 0.6 is 11.6 Å². The van der Waals surface area contributed by atoms with Gasteiger partial charge >= 0.3 is 0 Å². The van der Waals surface area contributed by atoms with E-state index in [0.717, 1.165) is 11.1 Å². The average Bonchev–Trinajstić information content (AvgIpc) is 2.48. The number of hydrogen-bond acceptors (Lipinski definition) is 3. The Balaban J connectivity index is 2.49. The highest BCUT2D eigenvalue weighted by atomic mass is 35.5. The van der Waals surface area contributed by atoms with E-state index in [1.807, 2.05) is 12.1 Å². The lowest BCUT2D eigenvalue weighted by atomic mass is 9.97. The van der Waals surface area contributed by atoms with Gasteiger partial charge in [0.25, 0.3) is 0 Å². The summed E-state index contributed by atoms with van der Waals surface area (Å²) >= 11 is 6.06. The first-order valence-corrected chi connectivity index (χ1v) is 6.82. The van der Waals surface area contributed by atoms with Crippen LogP contribution < -0.4 is 14.8 Å². The number of rotatable bonds is 5. The molecule has 2 aromatic rings. The van der Waals surface area contributed by atoms with Crippen LogP contribution in [-0.2, 0) is 0 Å². The van der Waals surface area contributed by atoms with E-state index >= 15 is 0 Å². The first-order chi connectivity index (χ1) is 10.1. The summed E-state index contributed by atoms with van der Waals surface area (Å²) in [4.78, 5) is 0. The molecule has 3 nitrogen and oxygen atoms in total. The Morgan fingerprint density at radius 1 is 1.05 bits per heavy atom. The molecule has 0 fully saturated rings. The van der Waals surface area contributed by atoms with Gasteiger partial charge in [-0.15, -0.1) is 0 Å². The topological polar surface area (TPSA) is 30.5 Å². The van der Waals surface area contributed by atoms with Crippen molar-refractivity contribution in [1.82, 2.24) is 5.32 Å². The van der Waals surface area contributed by atoms with Gasteiger partial charge in [-0.3, -0.25) is 0 Å². The van der Waals surface area contributed by atoms with Gasteiger partial charge in [0.1, 0.15) is 5.75 Å². The zero-order chi connectivity index (χ0) is 15.4. The van der Waals surface area contributed by atoms with Crippen LogP contribution in [0.5, 0.6) is 11.5 Å². The number of methoxy groups -OCH3 is 2. The lowest BCUT2D eigenvalue weighted by Gasteiger charge is -2.20. The lowest BCUT2D eigenvalue weighted by molar-refractivity contribution is 0.385. The highest BCUT2D eigenvalue weighted by Gasteiger charge is 2.18. The van der Waals surface area contributed by atoms with Crippen molar-refractivity contribution in [2.45, 2.75) is 6.04 Å². The fraction of sp³-hybridized carbons (Fsp3) is 0.250. The Bertz CT molecular complexity index is 634. The Labute approximate surface area is 128 Å². The van der Waals surface area contributed by atoms with Crippen LogP contribution in [0.25, 0.3) is 0 Å². The molecule has 0 heterocycles. The smallest absolute Gasteiger partial charge is 0.165 e. The SMILES string of the molecule is CNC(c1ccc(OC)c(F)c1)c1cc(Cl)ccc1OC. The van der Waals surface area contributed by atoms with Crippen LogP contribution in [0.1, 0.15) is 17.2 Å². The molecule has 0 aliphatic carbocycles. The quantitative estimate of drug-likeness (QED) is 0.911. The number of hydrogen-bond donors (Lipinski definition) is 1. The van der Waals surface area contributed by atoms with Gasteiger partial charge < -0.3 is 14.8 Å². The molecule has 0 aliphatic heterocycles. The second kappa shape index (κ2) is 6.78. The molecule has 0 radical (unpaired) electrons. The van der Waals surface area contributed by atoms with Crippen LogP contribution in [0.2, 0.25) is 5.02 Å². The summed E-state index contributed by atoms with van der Waals surface area (Å²) in [5.41, 5.74) is 1.61. The summed E-state index contributed by atoms with van der Waals surface area (Å²) in [7, 11) is 4.83. The van der Waals surface area contributed by atoms with E-state index in [1.54, 1.807) is 32.4 Å². The second-order valence-electron chi connectivity index (χ2n) is 4.50. The average molecular weight is 310 g/mol. The molecule has 5 heteroatoms. The molecule has 0 spiro atoms. The van der Waals surface area contributed by atoms with Crippen LogP contribution in [0.4, 0.5) is 4.39 Å². The lowest BCUT2D eigenvalue weighted by Crippen LogP contribution is -2.18. The van der Waals surface area contributed by atoms with Gasteiger partial charge in [0, 0.05) is 10.6 Å². The van der Waals surface area contributed by atoms with Gasteiger partial charge in [0.05, 0.1) is 20.3 Å². The van der Waals surface area contributed by atoms with Crippen LogP contribution in [0.15, 0.2) is 36.4 Å². The van der Waals surface area contributed by atoms with Crippen molar-refractivity contribution in [2.24, 2.45) is 0 Å². The number of benzene rings is 2. The van der Waals surface area contributed by atoms with Crippen molar-refractivity contribution in [1.29, 1.82) is 0 Å². The minimum Gasteiger partial charge on any atom is -0.496 e.